The van der Waals surface area contributed by atoms with E-state index in [9.17, 15) is 0 Å². The molecule has 0 aromatic rings. The first-order valence-corrected chi connectivity index (χ1v) is 5.43. The summed E-state index contributed by atoms with van der Waals surface area (Å²) in [6, 6.07) is 0.735. The Morgan fingerprint density at radius 2 is 2.08 bits per heavy atom. The summed E-state index contributed by atoms with van der Waals surface area (Å²) in [5.74, 6) is 0. The summed E-state index contributed by atoms with van der Waals surface area (Å²) in [6.07, 6.45) is 3.14. The monoisotopic (exact) mass is 183 g/mol. The van der Waals surface area contributed by atoms with Crippen LogP contribution in [0.5, 0.6) is 0 Å². The first-order chi connectivity index (χ1) is 6.07. The highest BCUT2D eigenvalue weighted by molar-refractivity contribution is 4.89. The van der Waals surface area contributed by atoms with Crippen LogP contribution in [-0.2, 0) is 4.74 Å². The van der Waals surface area contributed by atoms with Crippen LogP contribution in [0.4, 0.5) is 0 Å². The highest BCUT2D eigenvalue weighted by atomic mass is 16.5. The molecule has 0 radical (unpaired) electrons. The minimum atomic E-state index is 0.299. The lowest BCUT2D eigenvalue weighted by atomic mass is 9.87. The third kappa shape index (κ3) is 1.89. The molecule has 0 amide bonds. The van der Waals surface area contributed by atoms with E-state index in [0.717, 1.165) is 19.2 Å². The molecule has 2 heterocycles. The number of hydrogen-bond donors (Lipinski definition) is 0. The van der Waals surface area contributed by atoms with Crippen molar-refractivity contribution in [2.45, 2.75) is 45.8 Å². The summed E-state index contributed by atoms with van der Waals surface area (Å²) >= 11 is 0. The van der Waals surface area contributed by atoms with Gasteiger partial charge in [-0.2, -0.15) is 0 Å². The first kappa shape index (κ1) is 9.47. The number of fused-ring (bicyclic) bond motifs is 1. The van der Waals surface area contributed by atoms with Crippen molar-refractivity contribution < 1.29 is 4.74 Å². The van der Waals surface area contributed by atoms with Crippen molar-refractivity contribution >= 4 is 0 Å². The third-order valence-electron chi connectivity index (χ3n) is 3.36. The van der Waals surface area contributed by atoms with Gasteiger partial charge in [0, 0.05) is 12.6 Å². The van der Waals surface area contributed by atoms with E-state index >= 15 is 0 Å². The standard InChI is InChI=1S/C11H21NO/c1-11(2,3)10-7-12-6-4-5-9(12)8-13-10/h9-10H,4-8H2,1-3H3/t9-,10-/m0/s1. The van der Waals surface area contributed by atoms with Gasteiger partial charge in [0.2, 0.25) is 0 Å². The summed E-state index contributed by atoms with van der Waals surface area (Å²) in [6.45, 7) is 10.2. The molecule has 0 saturated carbocycles. The molecule has 2 heteroatoms. The smallest absolute Gasteiger partial charge is 0.0751 e. The Hall–Kier alpha value is -0.0800. The van der Waals surface area contributed by atoms with Crippen molar-refractivity contribution in [3.8, 4) is 0 Å². The number of hydrogen-bond acceptors (Lipinski definition) is 2. The van der Waals surface area contributed by atoms with Gasteiger partial charge >= 0.3 is 0 Å². The fourth-order valence-electron chi connectivity index (χ4n) is 2.34. The van der Waals surface area contributed by atoms with Crippen LogP contribution in [0.15, 0.2) is 0 Å². The molecule has 0 spiro atoms. The first-order valence-electron chi connectivity index (χ1n) is 5.43. The van der Waals surface area contributed by atoms with Crippen molar-refractivity contribution in [1.29, 1.82) is 0 Å². The van der Waals surface area contributed by atoms with Crippen LogP contribution < -0.4 is 0 Å². The van der Waals surface area contributed by atoms with Crippen molar-refractivity contribution in [2.24, 2.45) is 5.41 Å². The molecule has 0 bridgehead atoms. The molecular formula is C11H21NO. The molecule has 2 saturated heterocycles. The van der Waals surface area contributed by atoms with Gasteiger partial charge < -0.3 is 4.74 Å². The topological polar surface area (TPSA) is 12.5 Å². The second kappa shape index (κ2) is 3.25. The van der Waals surface area contributed by atoms with Gasteiger partial charge in [-0.1, -0.05) is 20.8 Å². The van der Waals surface area contributed by atoms with Crippen molar-refractivity contribution in [1.82, 2.24) is 4.90 Å². The highest BCUT2D eigenvalue weighted by Gasteiger charge is 2.37. The zero-order valence-corrected chi connectivity index (χ0v) is 9.05. The fraction of sp³-hybridized carbons (Fsp3) is 1.00. The minimum Gasteiger partial charge on any atom is -0.375 e. The molecule has 13 heavy (non-hydrogen) atoms. The van der Waals surface area contributed by atoms with Gasteiger partial charge in [-0.25, -0.2) is 0 Å². The second-order valence-electron chi connectivity index (χ2n) is 5.48. The molecule has 76 valence electrons. The predicted molar refractivity (Wildman–Crippen MR) is 53.8 cm³/mol. The molecule has 0 aliphatic carbocycles. The maximum absolute atomic E-state index is 5.91. The maximum Gasteiger partial charge on any atom is 0.0751 e. The van der Waals surface area contributed by atoms with Crippen LogP contribution in [-0.4, -0.2) is 36.7 Å². The molecule has 0 N–H and O–H groups in total. The Kier molecular flexibility index (Phi) is 2.37. The summed E-state index contributed by atoms with van der Waals surface area (Å²) in [4.78, 5) is 2.61. The maximum atomic E-state index is 5.91. The summed E-state index contributed by atoms with van der Waals surface area (Å²) in [7, 11) is 0. The molecule has 2 fully saturated rings. The Labute approximate surface area is 81.3 Å². The van der Waals surface area contributed by atoms with E-state index in [1.807, 2.05) is 0 Å². The normalized spacial score (nSPS) is 36.2. The number of ether oxygens (including phenoxy) is 1. The zero-order valence-electron chi connectivity index (χ0n) is 9.05. The molecular weight excluding hydrogens is 162 g/mol. The van der Waals surface area contributed by atoms with Gasteiger partial charge in [-0.15, -0.1) is 0 Å². The Morgan fingerprint density at radius 1 is 1.31 bits per heavy atom. The predicted octanol–water partition coefficient (Wildman–Crippen LogP) is 1.90. The lowest BCUT2D eigenvalue weighted by Gasteiger charge is -2.41. The average molecular weight is 183 g/mol. The third-order valence-corrected chi connectivity index (χ3v) is 3.36. The van der Waals surface area contributed by atoms with Gasteiger partial charge in [-0.05, 0) is 24.8 Å². The van der Waals surface area contributed by atoms with E-state index in [0.29, 0.717) is 11.5 Å². The second-order valence-corrected chi connectivity index (χ2v) is 5.48. The molecule has 0 aromatic heterocycles. The molecule has 2 nitrogen and oxygen atoms in total. The fourth-order valence-corrected chi connectivity index (χ4v) is 2.34. The van der Waals surface area contributed by atoms with Crippen LogP contribution in [0.25, 0.3) is 0 Å². The van der Waals surface area contributed by atoms with Gasteiger partial charge in [0.25, 0.3) is 0 Å². The lowest BCUT2D eigenvalue weighted by Crippen LogP contribution is -2.50. The van der Waals surface area contributed by atoms with Crippen molar-refractivity contribution in [3.05, 3.63) is 0 Å². The Morgan fingerprint density at radius 3 is 2.77 bits per heavy atom. The summed E-state index contributed by atoms with van der Waals surface area (Å²) in [5, 5.41) is 0. The van der Waals surface area contributed by atoms with Gasteiger partial charge in [0.1, 0.15) is 0 Å². The molecule has 2 aliphatic rings. The van der Waals surface area contributed by atoms with Crippen molar-refractivity contribution in [2.75, 3.05) is 19.7 Å². The average Bonchev–Trinajstić information content (AvgIpc) is 2.47. The van der Waals surface area contributed by atoms with Crippen LogP contribution in [0.3, 0.4) is 0 Å². The Balaban J connectivity index is 1.97. The van der Waals surface area contributed by atoms with E-state index in [1.165, 1.54) is 19.4 Å². The highest BCUT2D eigenvalue weighted by Crippen LogP contribution is 2.30. The van der Waals surface area contributed by atoms with Crippen LogP contribution in [0.2, 0.25) is 0 Å². The molecule has 0 unspecified atom stereocenters. The van der Waals surface area contributed by atoms with E-state index in [2.05, 4.69) is 25.7 Å². The van der Waals surface area contributed by atoms with Crippen LogP contribution in [0.1, 0.15) is 33.6 Å². The summed E-state index contributed by atoms with van der Waals surface area (Å²) in [5.41, 5.74) is 0.299. The van der Waals surface area contributed by atoms with Gasteiger partial charge in [-0.3, -0.25) is 4.90 Å². The van der Waals surface area contributed by atoms with E-state index < -0.39 is 0 Å². The SMILES string of the molecule is CC(C)(C)[C@@H]1CN2CCC[C@H]2CO1. The minimum absolute atomic E-state index is 0.299. The molecule has 2 aliphatic heterocycles. The van der Waals surface area contributed by atoms with Crippen molar-refractivity contribution in [3.63, 3.8) is 0 Å². The molecule has 2 atom stereocenters. The Bertz CT molecular complexity index is 185. The number of rotatable bonds is 0. The lowest BCUT2D eigenvalue weighted by molar-refractivity contribution is -0.0948. The summed E-state index contributed by atoms with van der Waals surface area (Å²) < 4.78 is 5.91. The quantitative estimate of drug-likeness (QED) is 0.568. The van der Waals surface area contributed by atoms with E-state index in [4.69, 9.17) is 4.74 Å². The zero-order chi connectivity index (χ0) is 9.47. The molecule has 0 aromatic carbocycles. The van der Waals surface area contributed by atoms with Gasteiger partial charge in [0.05, 0.1) is 12.7 Å². The van der Waals surface area contributed by atoms with E-state index in [1.54, 1.807) is 0 Å². The van der Waals surface area contributed by atoms with Crippen LogP contribution >= 0.6 is 0 Å². The van der Waals surface area contributed by atoms with Gasteiger partial charge in [0.15, 0.2) is 0 Å². The number of nitrogens with zero attached hydrogens (tertiary/aromatic N) is 1. The van der Waals surface area contributed by atoms with Crippen LogP contribution in [0, 0.1) is 5.41 Å². The largest absolute Gasteiger partial charge is 0.375 e. The molecule has 2 rings (SSSR count). The van der Waals surface area contributed by atoms with E-state index in [-0.39, 0.29) is 0 Å². The number of morpholine rings is 1.